The summed E-state index contributed by atoms with van der Waals surface area (Å²) in [6.45, 7) is 3.91. The number of hydrogen-bond donors (Lipinski definition) is 0. The van der Waals surface area contributed by atoms with Crippen LogP contribution in [0.2, 0.25) is 10.0 Å². The standard InChI is InChI=1S/C22H18Cl2O3/c1-14(2)26-17-6-3-15(4-7-17)21(25)11-8-18-9-12-22(27-18)16-5-10-19(23)20(24)13-16/h3-14H,1-2H3. The van der Waals surface area contributed by atoms with Crippen molar-refractivity contribution in [1.29, 1.82) is 0 Å². The molecule has 3 rings (SSSR count). The summed E-state index contributed by atoms with van der Waals surface area (Å²) in [6, 6.07) is 16.0. The fourth-order valence-corrected chi connectivity index (χ4v) is 2.77. The predicted molar refractivity (Wildman–Crippen MR) is 110 cm³/mol. The van der Waals surface area contributed by atoms with E-state index in [1.807, 2.05) is 26.0 Å². The lowest BCUT2D eigenvalue weighted by molar-refractivity contribution is 0.104. The maximum absolute atomic E-state index is 12.3. The highest BCUT2D eigenvalue weighted by Crippen LogP contribution is 2.29. The van der Waals surface area contributed by atoms with Gasteiger partial charge in [0.2, 0.25) is 0 Å². The molecule has 27 heavy (non-hydrogen) atoms. The molecule has 0 amide bonds. The first-order valence-electron chi connectivity index (χ1n) is 8.47. The van der Waals surface area contributed by atoms with Crippen LogP contribution in [0.1, 0.15) is 30.0 Å². The van der Waals surface area contributed by atoms with Crippen molar-refractivity contribution in [3.63, 3.8) is 0 Å². The van der Waals surface area contributed by atoms with Gasteiger partial charge in [-0.3, -0.25) is 4.79 Å². The van der Waals surface area contributed by atoms with Crippen LogP contribution in [0.15, 0.2) is 65.1 Å². The van der Waals surface area contributed by atoms with Crippen molar-refractivity contribution >= 4 is 35.1 Å². The summed E-state index contributed by atoms with van der Waals surface area (Å²) >= 11 is 12.0. The van der Waals surface area contributed by atoms with E-state index in [2.05, 4.69) is 0 Å². The summed E-state index contributed by atoms with van der Waals surface area (Å²) in [5, 5.41) is 0.949. The molecular formula is C22H18Cl2O3. The van der Waals surface area contributed by atoms with E-state index in [0.717, 1.165) is 11.3 Å². The van der Waals surface area contributed by atoms with Gasteiger partial charge in [0.1, 0.15) is 17.3 Å². The lowest BCUT2D eigenvalue weighted by atomic mass is 10.1. The lowest BCUT2D eigenvalue weighted by Crippen LogP contribution is -2.05. The summed E-state index contributed by atoms with van der Waals surface area (Å²) in [6.07, 6.45) is 3.22. The van der Waals surface area contributed by atoms with Gasteiger partial charge < -0.3 is 9.15 Å². The van der Waals surface area contributed by atoms with Gasteiger partial charge in [-0.05, 0) is 80.6 Å². The van der Waals surface area contributed by atoms with Crippen LogP contribution in [0, 0.1) is 0 Å². The highest BCUT2D eigenvalue weighted by Gasteiger charge is 2.07. The number of ether oxygens (including phenoxy) is 1. The molecule has 1 aromatic heterocycles. The van der Waals surface area contributed by atoms with Crippen LogP contribution in [-0.4, -0.2) is 11.9 Å². The van der Waals surface area contributed by atoms with Crippen molar-refractivity contribution in [2.75, 3.05) is 0 Å². The van der Waals surface area contributed by atoms with E-state index in [0.29, 0.717) is 27.1 Å². The van der Waals surface area contributed by atoms with E-state index in [1.54, 1.807) is 48.5 Å². The fraction of sp³-hybridized carbons (Fsp3) is 0.136. The van der Waals surface area contributed by atoms with E-state index in [4.69, 9.17) is 32.4 Å². The topological polar surface area (TPSA) is 39.4 Å². The van der Waals surface area contributed by atoms with Crippen molar-refractivity contribution in [2.24, 2.45) is 0 Å². The second-order valence-corrected chi connectivity index (χ2v) is 7.03. The summed E-state index contributed by atoms with van der Waals surface area (Å²) in [4.78, 5) is 12.3. The molecule has 1 heterocycles. The molecule has 0 unspecified atom stereocenters. The number of benzene rings is 2. The van der Waals surface area contributed by atoms with Gasteiger partial charge in [0.05, 0.1) is 16.1 Å². The minimum absolute atomic E-state index is 0.0927. The normalized spacial score (nSPS) is 11.3. The van der Waals surface area contributed by atoms with Gasteiger partial charge >= 0.3 is 0 Å². The Balaban J connectivity index is 1.70. The van der Waals surface area contributed by atoms with Crippen LogP contribution in [0.25, 0.3) is 17.4 Å². The minimum Gasteiger partial charge on any atom is -0.491 e. The summed E-state index contributed by atoms with van der Waals surface area (Å²) < 4.78 is 11.3. The molecule has 0 fully saturated rings. The molecule has 0 spiro atoms. The number of ketones is 1. The number of allylic oxidation sites excluding steroid dienone is 1. The molecule has 2 aromatic carbocycles. The Morgan fingerprint density at radius 2 is 1.74 bits per heavy atom. The van der Waals surface area contributed by atoms with Crippen molar-refractivity contribution in [1.82, 2.24) is 0 Å². The molecule has 0 aliphatic heterocycles. The maximum atomic E-state index is 12.3. The summed E-state index contributed by atoms with van der Waals surface area (Å²) in [7, 11) is 0. The summed E-state index contributed by atoms with van der Waals surface area (Å²) in [5.74, 6) is 1.85. The second-order valence-electron chi connectivity index (χ2n) is 6.22. The second kappa shape index (κ2) is 8.47. The molecule has 0 aliphatic carbocycles. The molecule has 3 nitrogen and oxygen atoms in total. The Morgan fingerprint density at radius 3 is 2.41 bits per heavy atom. The number of carbonyl (C=O) groups excluding carboxylic acids is 1. The first-order chi connectivity index (χ1) is 12.9. The van der Waals surface area contributed by atoms with Crippen molar-refractivity contribution in [2.45, 2.75) is 20.0 Å². The molecule has 3 aromatic rings. The monoisotopic (exact) mass is 400 g/mol. The molecule has 0 saturated heterocycles. The molecule has 138 valence electrons. The zero-order valence-electron chi connectivity index (χ0n) is 14.9. The lowest BCUT2D eigenvalue weighted by Gasteiger charge is -2.09. The van der Waals surface area contributed by atoms with Gasteiger partial charge in [0.15, 0.2) is 5.78 Å². The van der Waals surface area contributed by atoms with E-state index < -0.39 is 0 Å². The van der Waals surface area contributed by atoms with Gasteiger partial charge in [-0.2, -0.15) is 0 Å². The number of rotatable bonds is 6. The van der Waals surface area contributed by atoms with E-state index in [-0.39, 0.29) is 11.9 Å². The quantitative estimate of drug-likeness (QED) is 0.332. The summed E-state index contributed by atoms with van der Waals surface area (Å²) in [5.41, 5.74) is 1.40. The Kier molecular flexibility index (Phi) is 6.04. The largest absolute Gasteiger partial charge is 0.491 e. The third-order valence-electron chi connectivity index (χ3n) is 3.74. The van der Waals surface area contributed by atoms with Gasteiger partial charge in [-0.25, -0.2) is 0 Å². The highest BCUT2D eigenvalue weighted by molar-refractivity contribution is 6.42. The predicted octanol–water partition coefficient (Wildman–Crippen LogP) is 6.94. The maximum Gasteiger partial charge on any atom is 0.185 e. The molecule has 0 N–H and O–H groups in total. The van der Waals surface area contributed by atoms with Crippen LogP contribution in [0.4, 0.5) is 0 Å². The van der Waals surface area contributed by atoms with Crippen molar-refractivity contribution in [3.05, 3.63) is 82.0 Å². The van der Waals surface area contributed by atoms with Gasteiger partial charge in [0.25, 0.3) is 0 Å². The Morgan fingerprint density at radius 1 is 1.00 bits per heavy atom. The number of hydrogen-bond acceptors (Lipinski definition) is 3. The van der Waals surface area contributed by atoms with Crippen LogP contribution < -0.4 is 4.74 Å². The molecule has 0 saturated carbocycles. The average Bonchev–Trinajstić information content (AvgIpc) is 3.11. The van der Waals surface area contributed by atoms with Gasteiger partial charge in [0, 0.05) is 11.1 Å². The van der Waals surface area contributed by atoms with Gasteiger partial charge in [-0.15, -0.1) is 0 Å². The fourth-order valence-electron chi connectivity index (χ4n) is 2.47. The molecule has 0 radical (unpaired) electrons. The van der Waals surface area contributed by atoms with E-state index in [1.165, 1.54) is 6.08 Å². The third kappa shape index (κ3) is 5.03. The van der Waals surface area contributed by atoms with Crippen molar-refractivity contribution < 1.29 is 13.9 Å². The molecule has 5 heteroatoms. The van der Waals surface area contributed by atoms with Crippen LogP contribution in [0.5, 0.6) is 5.75 Å². The zero-order valence-corrected chi connectivity index (χ0v) is 16.4. The van der Waals surface area contributed by atoms with Crippen molar-refractivity contribution in [3.8, 4) is 17.1 Å². The molecular weight excluding hydrogens is 383 g/mol. The number of carbonyl (C=O) groups is 1. The third-order valence-corrected chi connectivity index (χ3v) is 4.48. The molecule has 0 aliphatic rings. The van der Waals surface area contributed by atoms with Crippen LogP contribution >= 0.6 is 23.2 Å². The minimum atomic E-state index is -0.112. The first-order valence-corrected chi connectivity index (χ1v) is 9.22. The first kappa shape index (κ1) is 19.3. The zero-order chi connectivity index (χ0) is 19.4. The van der Waals surface area contributed by atoms with E-state index >= 15 is 0 Å². The average molecular weight is 401 g/mol. The Bertz CT molecular complexity index is 969. The number of furan rings is 1. The number of halogens is 2. The van der Waals surface area contributed by atoms with Crippen LogP contribution in [-0.2, 0) is 0 Å². The highest BCUT2D eigenvalue weighted by atomic mass is 35.5. The SMILES string of the molecule is CC(C)Oc1ccc(C(=O)C=Cc2ccc(-c3ccc(Cl)c(Cl)c3)o2)cc1. The van der Waals surface area contributed by atoms with E-state index in [9.17, 15) is 4.79 Å². The van der Waals surface area contributed by atoms with Crippen LogP contribution in [0.3, 0.4) is 0 Å². The Labute approximate surface area is 168 Å². The van der Waals surface area contributed by atoms with Gasteiger partial charge in [-0.1, -0.05) is 23.2 Å². The Hall–Kier alpha value is -2.49. The smallest absolute Gasteiger partial charge is 0.185 e. The molecule has 0 bridgehead atoms. The molecule has 0 atom stereocenters.